The van der Waals surface area contributed by atoms with Crippen LogP contribution in [-0.4, -0.2) is 15.0 Å². The minimum absolute atomic E-state index is 0.617. The van der Waals surface area contributed by atoms with E-state index in [2.05, 4.69) is 127 Å². The molecule has 0 radical (unpaired) electrons. The number of fused-ring (bicyclic) bond motifs is 6. The maximum atomic E-state index is 6.11. The number of hydrogen-bond donors (Lipinski definition) is 0. The Kier molecular flexibility index (Phi) is 7.64. The van der Waals surface area contributed by atoms with Crippen molar-refractivity contribution in [2.45, 2.75) is 0 Å². The summed E-state index contributed by atoms with van der Waals surface area (Å²) in [7, 11) is 0. The molecule has 0 saturated carbocycles. The van der Waals surface area contributed by atoms with Gasteiger partial charge in [-0.1, -0.05) is 146 Å². The van der Waals surface area contributed by atoms with Gasteiger partial charge in [0.15, 0.2) is 17.5 Å². The lowest BCUT2D eigenvalue weighted by Gasteiger charge is -2.09. The zero-order valence-corrected chi connectivity index (χ0v) is 30.9. The number of furan rings is 1. The fourth-order valence-electron chi connectivity index (χ4n) is 7.73. The molecule has 3 heterocycles. The first kappa shape index (κ1) is 32.2. The summed E-state index contributed by atoms with van der Waals surface area (Å²) < 4.78 is 8.67. The minimum Gasteiger partial charge on any atom is -0.456 e. The zero-order valence-electron chi connectivity index (χ0n) is 30.1. The summed E-state index contributed by atoms with van der Waals surface area (Å²) in [5.74, 6) is 1.88. The van der Waals surface area contributed by atoms with Gasteiger partial charge in [-0.2, -0.15) is 0 Å². The smallest absolute Gasteiger partial charge is 0.164 e. The van der Waals surface area contributed by atoms with E-state index in [1.165, 1.54) is 48.0 Å². The Bertz CT molecular complexity index is 3240. The van der Waals surface area contributed by atoms with E-state index in [1.807, 2.05) is 72.0 Å². The van der Waals surface area contributed by atoms with Crippen LogP contribution in [0.3, 0.4) is 0 Å². The molecule has 0 fully saturated rings. The Morgan fingerprint density at radius 3 is 1.62 bits per heavy atom. The molecule has 0 unspecified atom stereocenters. The van der Waals surface area contributed by atoms with Gasteiger partial charge in [-0.05, 0) is 75.8 Å². The normalized spacial score (nSPS) is 11.6. The zero-order chi connectivity index (χ0) is 37.0. The molecule has 0 N–H and O–H groups in total. The Hall–Kier alpha value is -7.21. The van der Waals surface area contributed by atoms with Gasteiger partial charge in [-0.25, -0.2) is 15.0 Å². The SMILES string of the molecule is c1ccc(-c2cccc(-c3ccc4sc5c(-c6ccc(-c7nc(-c8ccccc8)nc(-c8ccc9oc%10ccccc%10c9c8)n7)cc6)cccc5c4c3)c2)cc1. The van der Waals surface area contributed by atoms with Gasteiger partial charge in [0, 0.05) is 47.6 Å². The fourth-order valence-corrected chi connectivity index (χ4v) is 8.95. The quantitative estimate of drug-likeness (QED) is 0.171. The first-order chi connectivity index (χ1) is 27.7. The van der Waals surface area contributed by atoms with Crippen LogP contribution in [-0.2, 0) is 0 Å². The van der Waals surface area contributed by atoms with E-state index in [0.717, 1.165) is 44.2 Å². The molecule has 0 aliphatic carbocycles. The molecule has 4 nitrogen and oxygen atoms in total. The van der Waals surface area contributed by atoms with Gasteiger partial charge in [-0.3, -0.25) is 0 Å². The van der Waals surface area contributed by atoms with Gasteiger partial charge >= 0.3 is 0 Å². The number of thiophene rings is 1. The molecular formula is C51H31N3OS. The molecule has 11 aromatic rings. The highest BCUT2D eigenvalue weighted by Gasteiger charge is 2.16. The summed E-state index contributed by atoms with van der Waals surface area (Å²) in [4.78, 5) is 15.0. The predicted octanol–water partition coefficient (Wildman–Crippen LogP) is 14.1. The second kappa shape index (κ2) is 13.3. The Morgan fingerprint density at radius 2 is 0.839 bits per heavy atom. The van der Waals surface area contributed by atoms with E-state index in [0.29, 0.717) is 17.5 Å². The first-order valence-electron chi connectivity index (χ1n) is 18.7. The van der Waals surface area contributed by atoms with Crippen molar-refractivity contribution in [3.63, 3.8) is 0 Å². The van der Waals surface area contributed by atoms with Crippen LogP contribution in [0.2, 0.25) is 0 Å². The number of nitrogens with zero attached hydrogens (tertiary/aromatic N) is 3. The first-order valence-corrected chi connectivity index (χ1v) is 19.5. The molecule has 0 amide bonds. The Morgan fingerprint density at radius 1 is 0.321 bits per heavy atom. The molecule has 5 heteroatoms. The standard InChI is InChI=1S/C51H31N3OS/c1-3-11-32(12-4-1)36-15-9-16-37(29-36)38-26-28-47-44(30-38)42-19-10-18-40(48(42)56-47)33-21-23-35(24-22-33)50-52-49(34-13-5-2-6-14-34)53-51(54-50)39-25-27-46-43(31-39)41-17-7-8-20-45(41)55-46/h1-31H. The number of hydrogen-bond acceptors (Lipinski definition) is 5. The predicted molar refractivity (Wildman–Crippen MR) is 233 cm³/mol. The summed E-state index contributed by atoms with van der Waals surface area (Å²) >= 11 is 1.85. The molecule has 0 aliphatic heterocycles. The molecular weight excluding hydrogens is 703 g/mol. The van der Waals surface area contributed by atoms with Gasteiger partial charge < -0.3 is 4.42 Å². The van der Waals surface area contributed by atoms with Crippen LogP contribution < -0.4 is 0 Å². The van der Waals surface area contributed by atoms with E-state index in [1.54, 1.807) is 0 Å². The molecule has 8 aromatic carbocycles. The third-order valence-corrected chi connectivity index (χ3v) is 11.8. The topological polar surface area (TPSA) is 51.8 Å². The maximum absolute atomic E-state index is 6.11. The summed E-state index contributed by atoms with van der Waals surface area (Å²) in [5.41, 5.74) is 11.7. The molecule has 11 rings (SSSR count). The average molecular weight is 734 g/mol. The molecule has 3 aromatic heterocycles. The van der Waals surface area contributed by atoms with E-state index in [-0.39, 0.29) is 0 Å². The largest absolute Gasteiger partial charge is 0.456 e. The highest BCUT2D eigenvalue weighted by atomic mass is 32.1. The highest BCUT2D eigenvalue weighted by Crippen LogP contribution is 2.42. The van der Waals surface area contributed by atoms with Crippen molar-refractivity contribution in [1.29, 1.82) is 0 Å². The van der Waals surface area contributed by atoms with Crippen LogP contribution >= 0.6 is 11.3 Å². The Labute approximate surface area is 327 Å². The molecule has 0 atom stereocenters. The second-order valence-electron chi connectivity index (χ2n) is 14.0. The molecule has 0 spiro atoms. The number of benzene rings is 8. The van der Waals surface area contributed by atoms with Gasteiger partial charge in [0.1, 0.15) is 11.2 Å². The monoisotopic (exact) mass is 733 g/mol. The third-order valence-electron chi connectivity index (χ3n) is 10.6. The van der Waals surface area contributed by atoms with E-state index >= 15 is 0 Å². The molecule has 0 aliphatic rings. The van der Waals surface area contributed by atoms with Gasteiger partial charge in [0.2, 0.25) is 0 Å². The molecule has 262 valence electrons. The summed E-state index contributed by atoms with van der Waals surface area (Å²) in [5, 5.41) is 4.65. The second-order valence-corrected chi connectivity index (χ2v) is 15.1. The maximum Gasteiger partial charge on any atom is 0.164 e. The highest BCUT2D eigenvalue weighted by molar-refractivity contribution is 7.26. The van der Waals surface area contributed by atoms with Crippen molar-refractivity contribution in [1.82, 2.24) is 15.0 Å². The summed E-state index contributed by atoms with van der Waals surface area (Å²) in [6.45, 7) is 0. The lowest BCUT2D eigenvalue weighted by atomic mass is 9.97. The van der Waals surface area contributed by atoms with Crippen LogP contribution in [0.4, 0.5) is 0 Å². The van der Waals surface area contributed by atoms with Gasteiger partial charge in [0.05, 0.1) is 0 Å². The van der Waals surface area contributed by atoms with E-state index < -0.39 is 0 Å². The van der Waals surface area contributed by atoms with Crippen molar-refractivity contribution in [2.75, 3.05) is 0 Å². The van der Waals surface area contributed by atoms with E-state index in [4.69, 9.17) is 19.4 Å². The fraction of sp³-hybridized carbons (Fsp3) is 0. The van der Waals surface area contributed by atoms with E-state index in [9.17, 15) is 0 Å². The Balaban J connectivity index is 0.968. The van der Waals surface area contributed by atoms with Crippen LogP contribution in [0.5, 0.6) is 0 Å². The summed E-state index contributed by atoms with van der Waals surface area (Å²) in [6.07, 6.45) is 0. The molecule has 56 heavy (non-hydrogen) atoms. The van der Waals surface area contributed by atoms with Crippen molar-refractivity contribution in [3.8, 4) is 67.5 Å². The summed E-state index contributed by atoms with van der Waals surface area (Å²) in [6, 6.07) is 65.9. The number of aromatic nitrogens is 3. The lowest BCUT2D eigenvalue weighted by Crippen LogP contribution is -2.00. The third kappa shape index (κ3) is 5.65. The van der Waals surface area contributed by atoms with Crippen molar-refractivity contribution in [2.24, 2.45) is 0 Å². The van der Waals surface area contributed by atoms with Crippen LogP contribution in [0.25, 0.3) is 110 Å². The van der Waals surface area contributed by atoms with Crippen molar-refractivity contribution in [3.05, 3.63) is 188 Å². The number of rotatable bonds is 6. The van der Waals surface area contributed by atoms with Crippen molar-refractivity contribution < 1.29 is 4.42 Å². The van der Waals surface area contributed by atoms with Gasteiger partial charge in [0.25, 0.3) is 0 Å². The van der Waals surface area contributed by atoms with Crippen LogP contribution in [0, 0.1) is 0 Å². The number of para-hydroxylation sites is 1. The van der Waals surface area contributed by atoms with Crippen molar-refractivity contribution >= 4 is 53.4 Å². The lowest BCUT2D eigenvalue weighted by molar-refractivity contribution is 0.669. The molecule has 0 bridgehead atoms. The minimum atomic E-state index is 0.617. The molecule has 0 saturated heterocycles. The average Bonchev–Trinajstić information content (AvgIpc) is 3.85. The van der Waals surface area contributed by atoms with Crippen LogP contribution in [0.15, 0.2) is 192 Å². The van der Waals surface area contributed by atoms with Crippen LogP contribution in [0.1, 0.15) is 0 Å². The van der Waals surface area contributed by atoms with Gasteiger partial charge in [-0.15, -0.1) is 11.3 Å².